The number of hydrogen-bond acceptors (Lipinski definition) is 5. The zero-order valence-corrected chi connectivity index (χ0v) is 38.3. The Hall–Kier alpha value is -1.73. The molecule has 1 amide bonds. The highest BCUT2D eigenvalue weighted by atomic mass is 16.2. The second kappa shape index (κ2) is 38.8. The maximum Gasteiger partial charge on any atom is 0.238 e. The Kier molecular flexibility index (Phi) is 36.2. The quantitative estimate of drug-likeness (QED) is 0.0499. The first-order valence-corrected chi connectivity index (χ1v) is 24.0. The SMILES string of the molecule is CCCCC/C=C\C/C=C\CCCCCCCCC(CCCCCCCC/C=C\C/C=C\CCCCC)NC(=O)C1CN(CCN(C)C)CCN1CCN(C)C.[HH]. The monoisotopic (exact) mass is 784 g/mol. The summed E-state index contributed by atoms with van der Waals surface area (Å²) >= 11 is 0. The van der Waals surface area contributed by atoms with E-state index >= 15 is 0 Å². The third-order valence-electron chi connectivity index (χ3n) is 11.4. The van der Waals surface area contributed by atoms with Crippen LogP contribution in [0.25, 0.3) is 0 Å². The van der Waals surface area contributed by atoms with E-state index in [-0.39, 0.29) is 13.4 Å². The van der Waals surface area contributed by atoms with Crippen molar-refractivity contribution in [1.29, 1.82) is 0 Å². The van der Waals surface area contributed by atoms with E-state index in [2.05, 4.69) is 116 Å². The van der Waals surface area contributed by atoms with Crippen LogP contribution in [0.4, 0.5) is 0 Å². The molecule has 1 unspecified atom stereocenters. The molecule has 0 aromatic carbocycles. The molecule has 1 atom stereocenters. The van der Waals surface area contributed by atoms with Crippen molar-refractivity contribution in [2.75, 3.05) is 74.0 Å². The average molecular weight is 784 g/mol. The number of rotatable bonds is 38. The summed E-state index contributed by atoms with van der Waals surface area (Å²) in [7, 11) is 8.56. The molecule has 6 heteroatoms. The molecule has 0 spiro atoms. The Morgan fingerprint density at radius 2 is 0.982 bits per heavy atom. The van der Waals surface area contributed by atoms with Gasteiger partial charge in [-0.25, -0.2) is 0 Å². The summed E-state index contributed by atoms with van der Waals surface area (Å²) in [6, 6.07) is 0.243. The van der Waals surface area contributed by atoms with Gasteiger partial charge in [-0.1, -0.05) is 152 Å². The molecule has 0 radical (unpaired) electrons. The first kappa shape index (κ1) is 52.3. The van der Waals surface area contributed by atoms with E-state index in [1.807, 2.05) is 0 Å². The predicted molar refractivity (Wildman–Crippen MR) is 251 cm³/mol. The summed E-state index contributed by atoms with van der Waals surface area (Å²) in [4.78, 5) is 23.5. The third-order valence-corrected chi connectivity index (χ3v) is 11.4. The second-order valence-corrected chi connectivity index (χ2v) is 17.4. The van der Waals surface area contributed by atoms with Crippen molar-refractivity contribution in [3.05, 3.63) is 48.6 Å². The number of unbranched alkanes of at least 4 members (excludes halogenated alkanes) is 18. The van der Waals surface area contributed by atoms with Gasteiger partial charge in [-0.15, -0.1) is 0 Å². The first-order valence-electron chi connectivity index (χ1n) is 24.0. The largest absolute Gasteiger partial charge is 0.352 e. The molecular weight excluding hydrogens is 687 g/mol. The maximum absolute atomic E-state index is 14.1. The van der Waals surface area contributed by atoms with Crippen LogP contribution in [0.1, 0.15) is 182 Å². The van der Waals surface area contributed by atoms with Crippen molar-refractivity contribution in [3.63, 3.8) is 0 Å². The van der Waals surface area contributed by atoms with Crippen LogP contribution in [0.5, 0.6) is 0 Å². The van der Waals surface area contributed by atoms with Crippen LogP contribution in [-0.4, -0.2) is 112 Å². The summed E-state index contributed by atoms with van der Waals surface area (Å²) in [5.41, 5.74) is 0. The van der Waals surface area contributed by atoms with Gasteiger partial charge >= 0.3 is 0 Å². The molecule has 0 aliphatic carbocycles. The van der Waals surface area contributed by atoms with Gasteiger partial charge in [0.15, 0.2) is 0 Å². The van der Waals surface area contributed by atoms with Crippen LogP contribution >= 0.6 is 0 Å². The molecule has 1 heterocycles. The van der Waals surface area contributed by atoms with Gasteiger partial charge in [0.05, 0.1) is 0 Å². The van der Waals surface area contributed by atoms with Crippen molar-refractivity contribution >= 4 is 5.91 Å². The Balaban J connectivity index is 0.0000314. The van der Waals surface area contributed by atoms with E-state index in [9.17, 15) is 4.79 Å². The summed E-state index contributed by atoms with van der Waals surface area (Å²) in [5, 5.41) is 3.64. The normalized spacial score (nSPS) is 16.1. The van der Waals surface area contributed by atoms with Crippen LogP contribution in [0, 0.1) is 0 Å². The smallest absolute Gasteiger partial charge is 0.238 e. The molecule has 1 fully saturated rings. The Morgan fingerprint density at radius 1 is 0.571 bits per heavy atom. The number of piperazine rings is 1. The zero-order chi connectivity index (χ0) is 40.7. The summed E-state index contributed by atoms with van der Waals surface area (Å²) in [6.45, 7) is 11.4. The minimum Gasteiger partial charge on any atom is -0.352 e. The molecule has 1 aliphatic rings. The third kappa shape index (κ3) is 32.3. The van der Waals surface area contributed by atoms with E-state index in [0.29, 0.717) is 6.04 Å². The fourth-order valence-electron chi connectivity index (χ4n) is 7.61. The minimum absolute atomic E-state index is 0. The van der Waals surface area contributed by atoms with E-state index in [0.717, 1.165) is 71.5 Å². The Morgan fingerprint density at radius 3 is 1.43 bits per heavy atom. The second-order valence-electron chi connectivity index (χ2n) is 17.4. The van der Waals surface area contributed by atoms with Crippen LogP contribution < -0.4 is 5.32 Å². The van der Waals surface area contributed by atoms with Crippen LogP contribution in [0.2, 0.25) is 0 Å². The lowest BCUT2D eigenvalue weighted by Gasteiger charge is -2.41. The zero-order valence-electron chi connectivity index (χ0n) is 38.3. The molecule has 1 aliphatic heterocycles. The van der Waals surface area contributed by atoms with E-state index < -0.39 is 0 Å². The molecule has 1 rings (SSSR count). The molecule has 56 heavy (non-hydrogen) atoms. The molecule has 0 saturated carbocycles. The number of hydrogen-bond donors (Lipinski definition) is 1. The van der Waals surface area contributed by atoms with Gasteiger partial charge in [0.25, 0.3) is 0 Å². The maximum atomic E-state index is 14.1. The lowest BCUT2D eigenvalue weighted by molar-refractivity contribution is -0.129. The topological polar surface area (TPSA) is 42.1 Å². The van der Waals surface area contributed by atoms with Crippen molar-refractivity contribution < 1.29 is 6.22 Å². The van der Waals surface area contributed by atoms with E-state index in [4.69, 9.17) is 0 Å². The Bertz CT molecular complexity index is 947. The highest BCUT2D eigenvalue weighted by Gasteiger charge is 2.33. The van der Waals surface area contributed by atoms with Crippen molar-refractivity contribution in [1.82, 2.24) is 24.9 Å². The average Bonchev–Trinajstić information content (AvgIpc) is 3.18. The van der Waals surface area contributed by atoms with Crippen molar-refractivity contribution in [3.8, 4) is 0 Å². The number of likely N-dealkylation sites (N-methyl/N-ethyl adjacent to an activating group) is 2. The molecule has 0 bridgehead atoms. The molecule has 1 saturated heterocycles. The number of carbonyl (C=O) groups is 1. The lowest BCUT2D eigenvalue weighted by Crippen LogP contribution is -2.61. The molecule has 1 N–H and O–H groups in total. The summed E-state index contributed by atoms with van der Waals surface area (Å²) < 4.78 is 0. The summed E-state index contributed by atoms with van der Waals surface area (Å²) in [5.74, 6) is 0.267. The number of amides is 1. The highest BCUT2D eigenvalue weighted by molar-refractivity contribution is 5.82. The van der Waals surface area contributed by atoms with Gasteiger partial charge in [0.2, 0.25) is 5.91 Å². The van der Waals surface area contributed by atoms with E-state index in [1.54, 1.807) is 0 Å². The van der Waals surface area contributed by atoms with Gasteiger partial charge in [0.1, 0.15) is 6.04 Å². The molecule has 328 valence electrons. The van der Waals surface area contributed by atoms with Crippen LogP contribution in [0.15, 0.2) is 48.6 Å². The van der Waals surface area contributed by atoms with Crippen molar-refractivity contribution in [2.45, 2.75) is 193 Å². The number of nitrogens with one attached hydrogen (secondary N) is 1. The van der Waals surface area contributed by atoms with Crippen LogP contribution in [-0.2, 0) is 4.79 Å². The van der Waals surface area contributed by atoms with Gasteiger partial charge < -0.3 is 15.1 Å². The lowest BCUT2D eigenvalue weighted by atomic mass is 9.99. The van der Waals surface area contributed by atoms with Gasteiger partial charge in [-0.05, 0) is 105 Å². The predicted octanol–water partition coefficient (Wildman–Crippen LogP) is 12.2. The molecule has 0 aromatic heterocycles. The van der Waals surface area contributed by atoms with E-state index in [1.165, 1.54) is 141 Å². The minimum atomic E-state index is -0.0555. The van der Waals surface area contributed by atoms with Crippen molar-refractivity contribution in [2.24, 2.45) is 0 Å². The first-order chi connectivity index (χ1) is 27.4. The number of carbonyl (C=O) groups excluding carboxylic acids is 1. The van der Waals surface area contributed by atoms with Gasteiger partial charge in [-0.3, -0.25) is 14.6 Å². The molecule has 6 nitrogen and oxygen atoms in total. The molecule has 0 aromatic rings. The molecular formula is C50H97N5O. The van der Waals surface area contributed by atoms with Gasteiger partial charge in [0, 0.05) is 53.3 Å². The Labute approximate surface area is 351 Å². The van der Waals surface area contributed by atoms with Crippen LogP contribution in [0.3, 0.4) is 0 Å². The van der Waals surface area contributed by atoms with Gasteiger partial charge in [-0.2, -0.15) is 0 Å². The summed E-state index contributed by atoms with van der Waals surface area (Å²) in [6.07, 6.45) is 51.7. The highest BCUT2D eigenvalue weighted by Crippen LogP contribution is 2.17. The number of nitrogens with zero attached hydrogens (tertiary/aromatic N) is 4. The standard InChI is InChI=1S/C50H95N5O.H2/c1-7-9-11-13-15-17-19-21-23-25-27-29-31-33-35-37-39-48(40-38-36-34-32-30-28-26-24-22-20-18-16-14-12-10-8-2)51-50(56)49-47-54(43-41-52(3)4)44-46-55(49)45-42-53(5)6;/h15-18,21-24,48-49H,7-14,19-20,25-47H2,1-6H3,(H,51,56);1H/b17-15-,18-16-,23-21-,24-22-;. The fourth-order valence-corrected chi connectivity index (χ4v) is 7.61. The fraction of sp³-hybridized carbons (Fsp3) is 0.820. The number of allylic oxidation sites excluding steroid dienone is 8.